The third kappa shape index (κ3) is 6.59. The van der Waals surface area contributed by atoms with Crippen molar-refractivity contribution in [2.24, 2.45) is 11.8 Å². The standard InChI is InChI=1S/C22H23F4NO5S/c1-2-31-20(28)15-5-3-13(4-6-15)12-27(21(29)30)18-11-17(19(23)33-18)14-7-9-16(10-8-14)32-22(24,25)26/h7-11,13,15H,2-6,12H2,1H3,(H,29,30)/t13-,15-. The highest BCUT2D eigenvalue weighted by molar-refractivity contribution is 7.15. The average molecular weight is 489 g/mol. The summed E-state index contributed by atoms with van der Waals surface area (Å²) in [5.74, 6) is -0.843. The molecule has 0 saturated heterocycles. The van der Waals surface area contributed by atoms with E-state index in [1.54, 1.807) is 6.92 Å². The summed E-state index contributed by atoms with van der Waals surface area (Å²) in [5, 5.41) is 9.23. The summed E-state index contributed by atoms with van der Waals surface area (Å²) >= 11 is 0.654. The second-order valence-corrected chi connectivity index (χ2v) is 8.69. The second-order valence-electron chi connectivity index (χ2n) is 7.71. The van der Waals surface area contributed by atoms with E-state index in [1.807, 2.05) is 0 Å². The lowest BCUT2D eigenvalue weighted by Crippen LogP contribution is -2.36. The molecule has 1 aliphatic carbocycles. The highest BCUT2D eigenvalue weighted by Gasteiger charge is 2.32. The normalized spacial score (nSPS) is 18.6. The minimum Gasteiger partial charge on any atom is -0.466 e. The Morgan fingerprint density at radius 3 is 2.33 bits per heavy atom. The summed E-state index contributed by atoms with van der Waals surface area (Å²) in [4.78, 5) is 24.8. The van der Waals surface area contributed by atoms with Crippen molar-refractivity contribution in [2.45, 2.75) is 39.0 Å². The molecule has 1 fully saturated rings. The molecular formula is C22H23F4NO5S. The van der Waals surface area contributed by atoms with E-state index >= 15 is 0 Å². The number of carboxylic acid groups (broad SMARTS) is 1. The molecule has 0 atom stereocenters. The highest BCUT2D eigenvalue weighted by Crippen LogP contribution is 2.38. The Bertz CT molecular complexity index is 968. The second kappa shape index (κ2) is 10.4. The van der Waals surface area contributed by atoms with Gasteiger partial charge in [-0.3, -0.25) is 9.69 Å². The lowest BCUT2D eigenvalue weighted by molar-refractivity contribution is -0.274. The largest absolute Gasteiger partial charge is 0.573 e. The number of anilines is 1. The Balaban J connectivity index is 1.69. The van der Waals surface area contributed by atoms with E-state index in [2.05, 4.69) is 4.74 Å². The third-order valence-electron chi connectivity index (χ3n) is 5.48. The zero-order valence-electron chi connectivity index (χ0n) is 17.7. The monoisotopic (exact) mass is 489 g/mol. The molecule has 0 radical (unpaired) electrons. The molecule has 33 heavy (non-hydrogen) atoms. The van der Waals surface area contributed by atoms with E-state index in [1.165, 1.54) is 18.2 Å². The summed E-state index contributed by atoms with van der Waals surface area (Å²) < 4.78 is 60.4. The Hall–Kier alpha value is -2.82. The Morgan fingerprint density at radius 1 is 1.15 bits per heavy atom. The van der Waals surface area contributed by atoms with Crippen molar-refractivity contribution in [2.75, 3.05) is 18.1 Å². The van der Waals surface area contributed by atoms with Crippen LogP contribution in [0.4, 0.5) is 27.4 Å². The zero-order valence-corrected chi connectivity index (χ0v) is 18.5. The number of alkyl halides is 3. The van der Waals surface area contributed by atoms with Gasteiger partial charge in [-0.2, -0.15) is 4.39 Å². The van der Waals surface area contributed by atoms with Gasteiger partial charge in [0.15, 0.2) is 5.13 Å². The molecule has 11 heteroatoms. The van der Waals surface area contributed by atoms with E-state index in [0.717, 1.165) is 17.0 Å². The molecule has 1 N–H and O–H groups in total. The van der Waals surface area contributed by atoms with Crippen LogP contribution in [0.2, 0.25) is 0 Å². The zero-order chi connectivity index (χ0) is 24.2. The molecule has 1 aliphatic rings. The van der Waals surface area contributed by atoms with Crippen LogP contribution in [0.5, 0.6) is 5.75 Å². The van der Waals surface area contributed by atoms with Gasteiger partial charge in [-0.25, -0.2) is 4.79 Å². The minimum atomic E-state index is -4.83. The maximum atomic E-state index is 14.6. The van der Waals surface area contributed by atoms with Crippen LogP contribution in [0.15, 0.2) is 30.3 Å². The van der Waals surface area contributed by atoms with Crippen LogP contribution in [-0.4, -0.2) is 36.7 Å². The van der Waals surface area contributed by atoms with Gasteiger partial charge in [-0.05, 0) is 62.3 Å². The van der Waals surface area contributed by atoms with Crippen molar-refractivity contribution in [1.29, 1.82) is 0 Å². The van der Waals surface area contributed by atoms with Crippen LogP contribution in [0.3, 0.4) is 0 Å². The van der Waals surface area contributed by atoms with Crippen molar-refractivity contribution in [3.63, 3.8) is 0 Å². The summed E-state index contributed by atoms with van der Waals surface area (Å²) in [6, 6.07) is 6.06. The SMILES string of the molecule is CCOC(=O)[C@H]1CC[C@H](CN(C(=O)O)c2cc(-c3ccc(OC(F)(F)F)cc3)c(F)s2)CC1. The van der Waals surface area contributed by atoms with Crippen molar-refractivity contribution < 1.29 is 41.7 Å². The fraction of sp³-hybridized carbons (Fsp3) is 0.455. The quantitative estimate of drug-likeness (QED) is 0.365. The van der Waals surface area contributed by atoms with Crippen molar-refractivity contribution in [1.82, 2.24) is 0 Å². The Morgan fingerprint density at radius 2 is 1.79 bits per heavy atom. The lowest BCUT2D eigenvalue weighted by atomic mass is 9.82. The van der Waals surface area contributed by atoms with Gasteiger partial charge in [0, 0.05) is 12.1 Å². The van der Waals surface area contributed by atoms with E-state index in [0.29, 0.717) is 49.2 Å². The van der Waals surface area contributed by atoms with Crippen LogP contribution in [-0.2, 0) is 9.53 Å². The first-order valence-electron chi connectivity index (χ1n) is 10.4. The van der Waals surface area contributed by atoms with Crippen molar-refractivity contribution in [3.8, 4) is 16.9 Å². The highest BCUT2D eigenvalue weighted by atomic mass is 32.1. The first-order valence-corrected chi connectivity index (χ1v) is 11.2. The molecule has 1 aromatic carbocycles. The van der Waals surface area contributed by atoms with Gasteiger partial charge in [-0.1, -0.05) is 23.5 Å². The molecule has 1 saturated carbocycles. The van der Waals surface area contributed by atoms with Gasteiger partial charge in [0.05, 0.1) is 12.5 Å². The minimum absolute atomic E-state index is 0.0131. The van der Waals surface area contributed by atoms with Gasteiger partial charge in [0.25, 0.3) is 0 Å². The van der Waals surface area contributed by atoms with E-state index in [4.69, 9.17) is 4.74 Å². The lowest BCUT2D eigenvalue weighted by Gasteiger charge is -2.30. The van der Waals surface area contributed by atoms with Crippen molar-refractivity contribution in [3.05, 3.63) is 35.5 Å². The molecule has 0 aliphatic heterocycles. The van der Waals surface area contributed by atoms with Crippen LogP contribution in [0, 0.1) is 17.0 Å². The number of amides is 1. The fourth-order valence-corrected chi connectivity index (χ4v) is 4.79. The molecule has 2 aromatic rings. The van der Waals surface area contributed by atoms with E-state index in [9.17, 15) is 32.3 Å². The maximum absolute atomic E-state index is 14.6. The molecule has 1 aromatic heterocycles. The van der Waals surface area contributed by atoms with Crippen molar-refractivity contribution >= 4 is 28.4 Å². The average Bonchev–Trinajstić information content (AvgIpc) is 3.13. The molecule has 0 unspecified atom stereocenters. The van der Waals surface area contributed by atoms with E-state index < -0.39 is 23.3 Å². The van der Waals surface area contributed by atoms with Gasteiger partial charge in [0.1, 0.15) is 10.8 Å². The molecule has 180 valence electrons. The number of rotatable bonds is 7. The predicted molar refractivity (Wildman–Crippen MR) is 114 cm³/mol. The number of esters is 1. The maximum Gasteiger partial charge on any atom is 0.573 e. The Kier molecular flexibility index (Phi) is 7.83. The molecule has 0 bridgehead atoms. The number of benzene rings is 1. The van der Waals surface area contributed by atoms with Gasteiger partial charge in [0.2, 0.25) is 0 Å². The number of hydrogen-bond acceptors (Lipinski definition) is 5. The number of nitrogens with zero attached hydrogens (tertiary/aromatic N) is 1. The molecule has 3 rings (SSSR count). The summed E-state index contributed by atoms with van der Waals surface area (Å²) in [6.07, 6.45) is -3.56. The summed E-state index contributed by atoms with van der Waals surface area (Å²) in [5.41, 5.74) is 0.385. The van der Waals surface area contributed by atoms with E-state index in [-0.39, 0.29) is 34.9 Å². The first kappa shape index (κ1) is 24.8. The fourth-order valence-electron chi connectivity index (χ4n) is 3.88. The van der Waals surface area contributed by atoms with Crippen LogP contribution >= 0.6 is 11.3 Å². The smallest absolute Gasteiger partial charge is 0.466 e. The number of halogens is 4. The molecule has 6 nitrogen and oxygen atoms in total. The van der Waals surface area contributed by atoms with Crippen LogP contribution < -0.4 is 9.64 Å². The summed E-state index contributed by atoms with van der Waals surface area (Å²) in [7, 11) is 0. The summed E-state index contributed by atoms with van der Waals surface area (Å²) in [6.45, 7) is 2.21. The topological polar surface area (TPSA) is 76.1 Å². The van der Waals surface area contributed by atoms with Crippen LogP contribution in [0.1, 0.15) is 32.6 Å². The number of hydrogen-bond donors (Lipinski definition) is 1. The molecule has 1 heterocycles. The van der Waals surface area contributed by atoms with Crippen LogP contribution in [0.25, 0.3) is 11.1 Å². The van der Waals surface area contributed by atoms with Gasteiger partial charge in [-0.15, -0.1) is 13.2 Å². The molecule has 0 spiro atoms. The van der Waals surface area contributed by atoms with Gasteiger partial charge >= 0.3 is 18.4 Å². The predicted octanol–water partition coefficient (Wildman–Crippen LogP) is 6.31. The van der Waals surface area contributed by atoms with Gasteiger partial charge < -0.3 is 14.6 Å². The number of carbonyl (C=O) groups is 2. The number of carbonyl (C=O) groups excluding carboxylic acids is 1. The third-order valence-corrected chi connectivity index (χ3v) is 6.42. The number of ether oxygens (including phenoxy) is 2. The number of thiophene rings is 1. The molecule has 1 amide bonds. The first-order chi connectivity index (χ1) is 15.6. The Labute approximate surface area is 191 Å². The molecular weight excluding hydrogens is 466 g/mol.